The molecule has 2 heterocycles. The number of carbonyl (C=O) groups is 1. The van der Waals surface area contributed by atoms with Crippen LogP contribution >= 0.6 is 34.7 Å². The number of nitrogens with zero attached hydrogens (tertiary/aromatic N) is 2. The number of benzene rings is 1. The summed E-state index contributed by atoms with van der Waals surface area (Å²) in [4.78, 5) is 19.9. The summed E-state index contributed by atoms with van der Waals surface area (Å²) >= 11 is 7.79. The fourth-order valence-electron chi connectivity index (χ4n) is 2.36. The van der Waals surface area contributed by atoms with Crippen molar-refractivity contribution in [3.8, 4) is 5.75 Å². The molecule has 0 unspecified atom stereocenters. The Kier molecular flexibility index (Phi) is 7.19. The summed E-state index contributed by atoms with van der Waals surface area (Å²) in [5.41, 5.74) is 6.74. The number of sulfone groups is 1. The molecule has 0 aliphatic carbocycles. The van der Waals surface area contributed by atoms with Crippen LogP contribution in [0.3, 0.4) is 0 Å². The van der Waals surface area contributed by atoms with Crippen molar-refractivity contribution in [2.75, 3.05) is 18.6 Å². The number of anilines is 1. The molecule has 0 aliphatic rings. The molecule has 8 nitrogen and oxygen atoms in total. The number of thiophene rings is 1. The summed E-state index contributed by atoms with van der Waals surface area (Å²) in [5, 5.41) is 2.99. The molecule has 0 aliphatic heterocycles. The first-order valence-electron chi connectivity index (χ1n) is 8.45. The average Bonchev–Trinajstić information content (AvgIpc) is 3.18. The van der Waals surface area contributed by atoms with E-state index in [1.54, 1.807) is 7.11 Å². The minimum Gasteiger partial charge on any atom is -0.497 e. The Labute approximate surface area is 186 Å². The standard InChI is InChI=1S/C18H17ClN4O4S3/c1-27-12-4-2-3-11(7-12)8-21-15(24)10-28-18-22-9-13(17(20)23-18)30(25,26)16-6-5-14(19)29-16/h2-7,9H,8,10H2,1H3,(H,21,24)(H2,20,22,23). The van der Waals surface area contributed by atoms with Crippen LogP contribution in [0.5, 0.6) is 5.75 Å². The van der Waals surface area contributed by atoms with E-state index in [-0.39, 0.29) is 31.7 Å². The van der Waals surface area contributed by atoms with Crippen LogP contribution in [0.25, 0.3) is 0 Å². The number of nitrogens with one attached hydrogen (secondary N) is 1. The number of rotatable bonds is 8. The van der Waals surface area contributed by atoms with Crippen molar-refractivity contribution >= 4 is 56.3 Å². The molecule has 3 N–H and O–H groups in total. The normalized spacial score (nSPS) is 11.3. The number of ether oxygens (including phenoxy) is 1. The van der Waals surface area contributed by atoms with Crippen LogP contribution in [0.2, 0.25) is 4.34 Å². The number of hydrogen-bond acceptors (Lipinski definition) is 9. The number of halogens is 1. The molecule has 0 saturated carbocycles. The zero-order valence-electron chi connectivity index (χ0n) is 15.7. The summed E-state index contributed by atoms with van der Waals surface area (Å²) in [6.45, 7) is 0.347. The molecule has 0 spiro atoms. The van der Waals surface area contributed by atoms with Crippen LogP contribution in [0.4, 0.5) is 5.82 Å². The number of nitrogens with two attached hydrogens (primary N) is 1. The monoisotopic (exact) mass is 484 g/mol. The van der Waals surface area contributed by atoms with E-state index in [4.69, 9.17) is 22.1 Å². The third-order valence-electron chi connectivity index (χ3n) is 3.82. The van der Waals surface area contributed by atoms with Gasteiger partial charge in [-0.25, -0.2) is 18.4 Å². The van der Waals surface area contributed by atoms with Gasteiger partial charge in [0.1, 0.15) is 20.7 Å². The molecule has 1 aromatic carbocycles. The van der Waals surface area contributed by atoms with Gasteiger partial charge in [-0.2, -0.15) is 0 Å². The van der Waals surface area contributed by atoms with Gasteiger partial charge >= 0.3 is 0 Å². The maximum Gasteiger partial charge on any atom is 0.230 e. The summed E-state index contributed by atoms with van der Waals surface area (Å²) in [5.74, 6) is 0.347. The Morgan fingerprint density at radius 3 is 2.80 bits per heavy atom. The fraction of sp³-hybridized carbons (Fsp3) is 0.167. The first-order valence-corrected chi connectivity index (χ1v) is 12.1. The van der Waals surface area contributed by atoms with Gasteiger partial charge in [0.05, 0.1) is 23.4 Å². The second-order valence-electron chi connectivity index (χ2n) is 5.88. The summed E-state index contributed by atoms with van der Waals surface area (Å²) in [6, 6.07) is 10.3. The molecule has 12 heteroatoms. The Balaban J connectivity index is 1.59. The smallest absolute Gasteiger partial charge is 0.230 e. The van der Waals surface area contributed by atoms with Crippen molar-refractivity contribution in [1.82, 2.24) is 15.3 Å². The van der Waals surface area contributed by atoms with Crippen molar-refractivity contribution in [1.29, 1.82) is 0 Å². The molecule has 2 aromatic heterocycles. The number of amides is 1. The number of methoxy groups -OCH3 is 1. The highest BCUT2D eigenvalue weighted by molar-refractivity contribution is 7.99. The Bertz CT molecular complexity index is 1170. The average molecular weight is 485 g/mol. The maximum absolute atomic E-state index is 12.6. The van der Waals surface area contributed by atoms with Gasteiger partial charge in [-0.1, -0.05) is 35.5 Å². The van der Waals surface area contributed by atoms with Gasteiger partial charge in [0.25, 0.3) is 0 Å². The van der Waals surface area contributed by atoms with Gasteiger partial charge < -0.3 is 15.8 Å². The highest BCUT2D eigenvalue weighted by Gasteiger charge is 2.24. The molecule has 3 rings (SSSR count). The van der Waals surface area contributed by atoms with E-state index < -0.39 is 9.84 Å². The number of hydrogen-bond donors (Lipinski definition) is 2. The van der Waals surface area contributed by atoms with E-state index in [1.165, 1.54) is 12.1 Å². The molecule has 0 bridgehead atoms. The van der Waals surface area contributed by atoms with Crippen LogP contribution in [-0.2, 0) is 21.2 Å². The highest BCUT2D eigenvalue weighted by atomic mass is 35.5. The molecule has 158 valence electrons. The van der Waals surface area contributed by atoms with Crippen LogP contribution in [0, 0.1) is 0 Å². The molecule has 3 aromatic rings. The van der Waals surface area contributed by atoms with Gasteiger partial charge in [0, 0.05) is 6.54 Å². The van der Waals surface area contributed by atoms with Crippen molar-refractivity contribution < 1.29 is 17.9 Å². The second-order valence-corrected chi connectivity index (χ2v) is 10.7. The van der Waals surface area contributed by atoms with Gasteiger partial charge in [0.2, 0.25) is 15.7 Å². The van der Waals surface area contributed by atoms with Crippen LogP contribution < -0.4 is 15.8 Å². The molecule has 0 atom stereocenters. The van der Waals surface area contributed by atoms with E-state index in [0.29, 0.717) is 16.6 Å². The molecule has 0 saturated heterocycles. The summed E-state index contributed by atoms with van der Waals surface area (Å²) < 4.78 is 30.8. The van der Waals surface area contributed by atoms with Crippen molar-refractivity contribution in [2.45, 2.75) is 20.8 Å². The van der Waals surface area contributed by atoms with Crippen molar-refractivity contribution in [3.05, 3.63) is 52.5 Å². The minimum absolute atomic E-state index is 0.0516. The molecule has 0 radical (unpaired) electrons. The zero-order chi connectivity index (χ0) is 21.7. The topological polar surface area (TPSA) is 124 Å². The number of aromatic nitrogens is 2. The van der Waals surface area contributed by atoms with Crippen molar-refractivity contribution in [3.63, 3.8) is 0 Å². The Morgan fingerprint density at radius 1 is 1.33 bits per heavy atom. The van der Waals surface area contributed by atoms with Crippen LogP contribution in [0.1, 0.15) is 5.56 Å². The number of carbonyl (C=O) groups excluding carboxylic acids is 1. The Hall–Kier alpha value is -2.34. The quantitative estimate of drug-likeness (QED) is 0.369. The molecular formula is C18H17ClN4O4S3. The van der Waals surface area contributed by atoms with Crippen LogP contribution in [0.15, 0.2) is 56.9 Å². The van der Waals surface area contributed by atoms with E-state index >= 15 is 0 Å². The van der Waals surface area contributed by atoms with E-state index in [0.717, 1.165) is 34.9 Å². The van der Waals surface area contributed by atoms with Gasteiger partial charge in [0.15, 0.2) is 5.16 Å². The van der Waals surface area contributed by atoms with E-state index in [9.17, 15) is 13.2 Å². The van der Waals surface area contributed by atoms with Gasteiger partial charge in [-0.3, -0.25) is 4.79 Å². The predicted octanol–water partition coefficient (Wildman–Crippen LogP) is 3.02. The maximum atomic E-state index is 12.6. The molecule has 30 heavy (non-hydrogen) atoms. The largest absolute Gasteiger partial charge is 0.497 e. The highest BCUT2D eigenvalue weighted by Crippen LogP contribution is 2.32. The predicted molar refractivity (Wildman–Crippen MR) is 117 cm³/mol. The fourth-order valence-corrected chi connectivity index (χ4v) is 5.88. The second kappa shape index (κ2) is 9.65. The molecular weight excluding hydrogens is 468 g/mol. The van der Waals surface area contributed by atoms with E-state index in [1.807, 2.05) is 24.3 Å². The lowest BCUT2D eigenvalue weighted by atomic mass is 10.2. The number of thioether (sulfide) groups is 1. The lowest BCUT2D eigenvalue weighted by Crippen LogP contribution is -2.24. The minimum atomic E-state index is -3.86. The summed E-state index contributed by atoms with van der Waals surface area (Å²) in [7, 11) is -2.28. The lowest BCUT2D eigenvalue weighted by Gasteiger charge is -2.08. The molecule has 1 amide bonds. The lowest BCUT2D eigenvalue weighted by molar-refractivity contribution is -0.118. The first-order chi connectivity index (χ1) is 14.3. The Morgan fingerprint density at radius 2 is 2.13 bits per heavy atom. The van der Waals surface area contributed by atoms with Crippen LogP contribution in [-0.4, -0.2) is 37.2 Å². The van der Waals surface area contributed by atoms with Gasteiger partial charge in [-0.05, 0) is 29.8 Å². The molecule has 0 fully saturated rings. The van der Waals surface area contributed by atoms with E-state index in [2.05, 4.69) is 15.3 Å². The SMILES string of the molecule is COc1cccc(CNC(=O)CSc2ncc(S(=O)(=O)c3ccc(Cl)s3)c(N)n2)c1. The van der Waals surface area contributed by atoms with Gasteiger partial charge in [-0.15, -0.1) is 11.3 Å². The third kappa shape index (κ3) is 5.42. The first kappa shape index (κ1) is 22.3. The summed E-state index contributed by atoms with van der Waals surface area (Å²) in [6.07, 6.45) is 1.14. The number of nitrogen functional groups attached to an aromatic ring is 1. The van der Waals surface area contributed by atoms with Crippen molar-refractivity contribution in [2.24, 2.45) is 0 Å². The zero-order valence-corrected chi connectivity index (χ0v) is 18.9. The third-order valence-corrected chi connectivity index (χ3v) is 8.17.